The minimum absolute atomic E-state index is 0.0246. The van der Waals surface area contributed by atoms with Crippen molar-refractivity contribution in [2.45, 2.75) is 37.6 Å². The van der Waals surface area contributed by atoms with Crippen LogP contribution >= 0.6 is 0 Å². The molecule has 0 spiro atoms. The van der Waals surface area contributed by atoms with Crippen molar-refractivity contribution in [1.82, 2.24) is 14.5 Å². The lowest BCUT2D eigenvalue weighted by Crippen LogP contribution is -2.44. The summed E-state index contributed by atoms with van der Waals surface area (Å²) in [7, 11) is -2.03. The Balaban J connectivity index is 3.19. The molecule has 0 radical (unpaired) electrons. The van der Waals surface area contributed by atoms with Gasteiger partial charge in [0.05, 0.1) is 6.20 Å². The van der Waals surface area contributed by atoms with E-state index in [9.17, 15) is 8.42 Å². The highest BCUT2D eigenvalue weighted by Crippen LogP contribution is 2.26. The Morgan fingerprint density at radius 1 is 1.56 bits per heavy atom. The molecule has 0 aliphatic carbocycles. The number of nitrogen functional groups attached to an aromatic ring is 1. The number of rotatable bonds is 4. The van der Waals surface area contributed by atoms with E-state index in [1.165, 1.54) is 10.5 Å². The van der Waals surface area contributed by atoms with Gasteiger partial charge in [-0.15, -0.1) is 0 Å². The van der Waals surface area contributed by atoms with Crippen LogP contribution in [0.15, 0.2) is 11.1 Å². The maximum absolute atomic E-state index is 12.2. The Morgan fingerprint density at radius 2 is 2.12 bits per heavy atom. The summed E-state index contributed by atoms with van der Waals surface area (Å²) in [6.45, 7) is 5.66. The number of sulfonamides is 1. The fourth-order valence-corrected chi connectivity index (χ4v) is 2.77. The molecule has 0 saturated carbocycles. The van der Waals surface area contributed by atoms with Gasteiger partial charge in [-0.2, -0.15) is 9.40 Å². The van der Waals surface area contributed by atoms with Gasteiger partial charge in [-0.25, -0.2) is 8.42 Å². The number of aromatic nitrogens is 2. The van der Waals surface area contributed by atoms with E-state index in [-0.39, 0.29) is 10.7 Å². The molecule has 1 rings (SSSR count). The zero-order valence-electron chi connectivity index (χ0n) is 9.98. The molecule has 0 atom stereocenters. The average molecular weight is 246 g/mol. The van der Waals surface area contributed by atoms with Gasteiger partial charge in [0.15, 0.2) is 0 Å². The van der Waals surface area contributed by atoms with Crippen LogP contribution in [0.25, 0.3) is 0 Å². The monoisotopic (exact) mass is 246 g/mol. The molecule has 0 amide bonds. The summed E-state index contributed by atoms with van der Waals surface area (Å²) in [6.07, 6.45) is 1.94. The number of hydrogen-bond donors (Lipinski definition) is 2. The average Bonchev–Trinajstić information content (AvgIpc) is 2.63. The van der Waals surface area contributed by atoms with E-state index >= 15 is 0 Å². The summed E-state index contributed by atoms with van der Waals surface area (Å²) < 4.78 is 25.7. The quantitative estimate of drug-likeness (QED) is 0.822. The van der Waals surface area contributed by atoms with E-state index in [0.29, 0.717) is 6.42 Å². The van der Waals surface area contributed by atoms with Crippen LogP contribution in [0.3, 0.4) is 0 Å². The first-order chi connectivity index (χ1) is 7.23. The molecule has 0 unspecified atom stereocenters. The molecule has 0 fully saturated rings. The van der Waals surface area contributed by atoms with Crippen LogP contribution in [0.1, 0.15) is 27.2 Å². The van der Waals surface area contributed by atoms with Crippen molar-refractivity contribution in [3.8, 4) is 0 Å². The third-order valence-corrected chi connectivity index (χ3v) is 5.08. The van der Waals surface area contributed by atoms with E-state index in [1.54, 1.807) is 7.05 Å². The highest BCUT2D eigenvalue weighted by atomic mass is 32.2. The summed E-state index contributed by atoms with van der Waals surface area (Å²) in [5, 5.41) is 6.04. The second kappa shape index (κ2) is 4.06. The van der Waals surface area contributed by atoms with E-state index < -0.39 is 15.6 Å². The molecule has 0 aliphatic rings. The highest BCUT2D eigenvalue weighted by Gasteiger charge is 2.34. The first-order valence-corrected chi connectivity index (χ1v) is 6.45. The Kier molecular flexibility index (Phi) is 3.30. The lowest BCUT2D eigenvalue weighted by molar-refractivity contribution is 0.257. The Hall–Kier alpha value is -1.08. The SMILES string of the molecule is CCC(C)(C)N(C)S(=O)(=O)c1cn[nH]c1N. The van der Waals surface area contributed by atoms with Gasteiger partial charge in [0, 0.05) is 12.6 Å². The highest BCUT2D eigenvalue weighted by molar-refractivity contribution is 7.89. The van der Waals surface area contributed by atoms with Crippen molar-refractivity contribution in [3.05, 3.63) is 6.20 Å². The number of anilines is 1. The van der Waals surface area contributed by atoms with E-state index in [0.717, 1.165) is 0 Å². The predicted molar refractivity (Wildman–Crippen MR) is 62.3 cm³/mol. The fourth-order valence-electron chi connectivity index (χ4n) is 1.19. The molecule has 6 nitrogen and oxygen atoms in total. The molecular weight excluding hydrogens is 228 g/mol. The zero-order valence-corrected chi connectivity index (χ0v) is 10.8. The number of hydrogen-bond acceptors (Lipinski definition) is 4. The van der Waals surface area contributed by atoms with Crippen molar-refractivity contribution in [3.63, 3.8) is 0 Å². The smallest absolute Gasteiger partial charge is 0.248 e. The summed E-state index contributed by atoms with van der Waals surface area (Å²) >= 11 is 0. The van der Waals surface area contributed by atoms with Gasteiger partial charge >= 0.3 is 0 Å². The third-order valence-electron chi connectivity index (χ3n) is 2.99. The number of H-pyrrole nitrogens is 1. The molecule has 1 heterocycles. The minimum atomic E-state index is -3.58. The second-order valence-electron chi connectivity index (χ2n) is 4.29. The van der Waals surface area contributed by atoms with Crippen LogP contribution in [0.2, 0.25) is 0 Å². The molecule has 92 valence electrons. The van der Waals surface area contributed by atoms with E-state index in [1.807, 2.05) is 20.8 Å². The molecule has 1 aromatic rings. The maximum atomic E-state index is 12.2. The van der Waals surface area contributed by atoms with Gasteiger partial charge in [0.25, 0.3) is 0 Å². The molecular formula is C9H18N4O2S. The van der Waals surface area contributed by atoms with Crippen LogP contribution in [-0.2, 0) is 10.0 Å². The van der Waals surface area contributed by atoms with Crippen LogP contribution in [0, 0.1) is 0 Å². The number of nitrogens with one attached hydrogen (secondary N) is 1. The summed E-state index contributed by atoms with van der Waals surface area (Å²) in [6, 6.07) is 0. The number of nitrogens with two attached hydrogens (primary N) is 1. The molecule has 3 N–H and O–H groups in total. The Labute approximate surface area is 95.9 Å². The second-order valence-corrected chi connectivity index (χ2v) is 6.22. The first-order valence-electron chi connectivity index (χ1n) is 5.01. The van der Waals surface area contributed by atoms with Crippen LogP contribution in [0.5, 0.6) is 0 Å². The summed E-state index contributed by atoms with van der Waals surface area (Å²) in [5.74, 6) is 0.0683. The van der Waals surface area contributed by atoms with Crippen LogP contribution < -0.4 is 5.73 Å². The lowest BCUT2D eigenvalue weighted by atomic mass is 10.0. The van der Waals surface area contributed by atoms with Crippen molar-refractivity contribution in [1.29, 1.82) is 0 Å². The summed E-state index contributed by atoms with van der Waals surface area (Å²) in [4.78, 5) is 0.0246. The normalized spacial score (nSPS) is 13.3. The largest absolute Gasteiger partial charge is 0.383 e. The lowest BCUT2D eigenvalue weighted by Gasteiger charge is -2.33. The van der Waals surface area contributed by atoms with Gasteiger partial charge in [0.2, 0.25) is 10.0 Å². The minimum Gasteiger partial charge on any atom is -0.383 e. The maximum Gasteiger partial charge on any atom is 0.248 e. The molecule has 7 heteroatoms. The zero-order chi connectivity index (χ0) is 12.6. The molecule has 0 saturated heterocycles. The molecule has 1 aromatic heterocycles. The standard InChI is InChI=1S/C9H18N4O2S/c1-5-9(2,3)13(4)16(14,15)7-6-11-12-8(7)10/h6H,5H2,1-4H3,(H3,10,11,12). The summed E-state index contributed by atoms with van der Waals surface area (Å²) in [5.41, 5.74) is 5.07. The first kappa shape index (κ1) is 13.0. The molecule has 16 heavy (non-hydrogen) atoms. The topological polar surface area (TPSA) is 92.1 Å². The molecule has 0 aliphatic heterocycles. The Morgan fingerprint density at radius 3 is 2.50 bits per heavy atom. The number of aromatic amines is 1. The van der Waals surface area contributed by atoms with Crippen molar-refractivity contribution in [2.24, 2.45) is 0 Å². The Bertz CT molecular complexity index is 464. The van der Waals surface area contributed by atoms with Gasteiger partial charge in [-0.1, -0.05) is 6.92 Å². The number of nitrogens with zero attached hydrogens (tertiary/aromatic N) is 2. The molecule has 0 bridgehead atoms. The van der Waals surface area contributed by atoms with Gasteiger partial charge in [-0.05, 0) is 20.3 Å². The van der Waals surface area contributed by atoms with Crippen LogP contribution in [0.4, 0.5) is 5.82 Å². The molecule has 0 aromatic carbocycles. The predicted octanol–water partition coefficient (Wildman–Crippen LogP) is 0.801. The third kappa shape index (κ3) is 2.05. The van der Waals surface area contributed by atoms with Crippen molar-refractivity contribution in [2.75, 3.05) is 12.8 Å². The van der Waals surface area contributed by atoms with Crippen molar-refractivity contribution >= 4 is 15.8 Å². The fraction of sp³-hybridized carbons (Fsp3) is 0.667. The van der Waals surface area contributed by atoms with E-state index in [4.69, 9.17) is 5.73 Å². The van der Waals surface area contributed by atoms with E-state index in [2.05, 4.69) is 10.2 Å². The van der Waals surface area contributed by atoms with Gasteiger partial charge < -0.3 is 5.73 Å². The van der Waals surface area contributed by atoms with Gasteiger partial charge in [-0.3, -0.25) is 5.10 Å². The van der Waals surface area contributed by atoms with Gasteiger partial charge in [0.1, 0.15) is 10.7 Å². The van der Waals surface area contributed by atoms with Crippen LogP contribution in [-0.4, -0.2) is 35.5 Å². The van der Waals surface area contributed by atoms with Crippen molar-refractivity contribution < 1.29 is 8.42 Å².